The van der Waals surface area contributed by atoms with Gasteiger partial charge < -0.3 is 42.5 Å². The number of fused-ring (bicyclic) bond motifs is 6. The van der Waals surface area contributed by atoms with Crippen LogP contribution >= 0.6 is 0 Å². The molecule has 4 heterocycles. The number of carbonyl (C=O) groups excluding carboxylic acids is 4. The van der Waals surface area contributed by atoms with E-state index in [1.807, 2.05) is 84.9 Å². The second kappa shape index (κ2) is 19.6. The average molecular weight is 865 g/mol. The summed E-state index contributed by atoms with van der Waals surface area (Å²) in [6.45, 7) is 2.60. The fourth-order valence-corrected chi connectivity index (χ4v) is 11.9. The third-order valence-electron chi connectivity index (χ3n) is 15.1. The maximum absolute atomic E-state index is 13.9. The van der Waals surface area contributed by atoms with Crippen molar-refractivity contribution in [2.75, 3.05) is 36.8 Å². The van der Waals surface area contributed by atoms with E-state index in [0.29, 0.717) is 36.1 Å². The first-order chi connectivity index (χ1) is 31.3. The number of hydrogen-bond acceptors (Lipinski definition) is 8. The van der Waals surface area contributed by atoms with Crippen LogP contribution in [0.1, 0.15) is 108 Å². The number of nitrogens with one attached hydrogen (secondary N) is 4. The summed E-state index contributed by atoms with van der Waals surface area (Å²) in [5.41, 5.74) is 18.0. The van der Waals surface area contributed by atoms with Crippen LogP contribution in [0.15, 0.2) is 109 Å². The van der Waals surface area contributed by atoms with Gasteiger partial charge in [-0.1, -0.05) is 98.5 Å². The number of nitrogens with two attached hydrogens (primary N) is 2. The van der Waals surface area contributed by atoms with E-state index < -0.39 is 0 Å². The number of nitrogens with zero attached hydrogens (tertiary/aromatic N) is 2. The SMILES string of the molecule is NC[C@@H]1Nc2ccccc2[C@H]2[C@@H]1CCN2C(=O)[C@H]1CCCC[C@H]1NC(=O)c1ccccc1.NC[C@H]1Nc2ccccc2[C@@H]2[C@H]1CCN2C(=O)[C@H]1CCCC[C@H]1NC(=O)c1ccccc1. The van der Waals surface area contributed by atoms with Crippen LogP contribution in [0, 0.1) is 23.7 Å². The van der Waals surface area contributed by atoms with Gasteiger partial charge in [-0.05, 0) is 86.1 Å². The molecule has 336 valence electrons. The van der Waals surface area contributed by atoms with Crippen molar-refractivity contribution in [3.05, 3.63) is 131 Å². The lowest BCUT2D eigenvalue weighted by Gasteiger charge is -2.41. The number of hydrogen-bond donors (Lipinski definition) is 6. The first-order valence-corrected chi connectivity index (χ1v) is 23.8. The summed E-state index contributed by atoms with van der Waals surface area (Å²) in [6, 6.07) is 35.3. The number of para-hydroxylation sites is 2. The minimum atomic E-state index is -0.173. The van der Waals surface area contributed by atoms with Crippen molar-refractivity contribution in [3.8, 4) is 0 Å². The molecule has 2 saturated carbocycles. The normalized spacial score (nSPS) is 28.9. The van der Waals surface area contributed by atoms with Gasteiger partial charge in [-0.15, -0.1) is 0 Å². The van der Waals surface area contributed by atoms with Crippen LogP contribution < -0.4 is 32.7 Å². The molecule has 4 fully saturated rings. The van der Waals surface area contributed by atoms with Gasteiger partial charge in [0.1, 0.15) is 0 Å². The zero-order chi connectivity index (χ0) is 44.2. The summed E-state index contributed by atoms with van der Waals surface area (Å²) in [7, 11) is 0. The van der Waals surface area contributed by atoms with E-state index >= 15 is 0 Å². The molecule has 12 heteroatoms. The molecule has 0 unspecified atom stereocenters. The Hall–Kier alpha value is -5.72. The highest BCUT2D eigenvalue weighted by Crippen LogP contribution is 2.49. The molecule has 0 aromatic heterocycles. The van der Waals surface area contributed by atoms with E-state index in [-0.39, 0.29) is 71.7 Å². The second-order valence-corrected chi connectivity index (χ2v) is 18.7. The summed E-state index contributed by atoms with van der Waals surface area (Å²) in [4.78, 5) is 57.6. The molecule has 4 amide bonds. The summed E-state index contributed by atoms with van der Waals surface area (Å²) in [6.07, 6.45) is 9.38. The third-order valence-corrected chi connectivity index (χ3v) is 15.1. The molecular formula is C52H64N8O4. The van der Waals surface area contributed by atoms with Crippen LogP contribution in [0.5, 0.6) is 0 Å². The first kappa shape index (κ1) is 43.5. The van der Waals surface area contributed by atoms with Gasteiger partial charge in [-0.25, -0.2) is 0 Å². The zero-order valence-electron chi connectivity index (χ0n) is 36.7. The molecular weight excluding hydrogens is 801 g/mol. The van der Waals surface area contributed by atoms with Gasteiger partial charge in [0, 0.05) is 84.7 Å². The van der Waals surface area contributed by atoms with E-state index in [2.05, 4.69) is 55.3 Å². The molecule has 8 N–H and O–H groups in total. The van der Waals surface area contributed by atoms with Crippen LogP contribution in [0.2, 0.25) is 0 Å². The molecule has 0 radical (unpaired) electrons. The fraction of sp³-hybridized carbons (Fsp3) is 0.462. The Kier molecular flexibility index (Phi) is 13.3. The van der Waals surface area contributed by atoms with Crippen molar-refractivity contribution >= 4 is 35.0 Å². The van der Waals surface area contributed by atoms with Gasteiger partial charge in [0.05, 0.1) is 23.9 Å². The van der Waals surface area contributed by atoms with Crippen molar-refractivity contribution in [1.29, 1.82) is 0 Å². The van der Waals surface area contributed by atoms with Gasteiger partial charge in [0.25, 0.3) is 11.8 Å². The van der Waals surface area contributed by atoms with Gasteiger partial charge in [-0.2, -0.15) is 0 Å². The quantitative estimate of drug-likeness (QED) is 0.114. The largest absolute Gasteiger partial charge is 0.380 e. The second-order valence-electron chi connectivity index (χ2n) is 18.7. The Bertz CT molecular complexity index is 2120. The highest BCUT2D eigenvalue weighted by Gasteiger charge is 2.49. The molecule has 4 aromatic rings. The Morgan fingerprint density at radius 1 is 0.500 bits per heavy atom. The van der Waals surface area contributed by atoms with Crippen LogP contribution in [-0.2, 0) is 9.59 Å². The molecule has 6 aliphatic rings. The number of amides is 4. The molecule has 10 rings (SSSR count). The number of benzene rings is 4. The Labute approximate surface area is 377 Å². The molecule has 64 heavy (non-hydrogen) atoms. The molecule has 2 saturated heterocycles. The number of anilines is 2. The van der Waals surface area contributed by atoms with Crippen molar-refractivity contribution in [2.24, 2.45) is 35.1 Å². The van der Waals surface area contributed by atoms with E-state index in [9.17, 15) is 19.2 Å². The monoisotopic (exact) mass is 865 g/mol. The molecule has 0 bridgehead atoms. The molecule has 10 atom stereocenters. The van der Waals surface area contributed by atoms with Crippen molar-refractivity contribution in [1.82, 2.24) is 20.4 Å². The van der Waals surface area contributed by atoms with E-state index in [1.165, 1.54) is 11.1 Å². The highest BCUT2D eigenvalue weighted by atomic mass is 16.2. The van der Waals surface area contributed by atoms with E-state index in [1.54, 1.807) is 0 Å². The minimum Gasteiger partial charge on any atom is -0.380 e. The first-order valence-electron chi connectivity index (χ1n) is 23.8. The maximum Gasteiger partial charge on any atom is 0.251 e. The van der Waals surface area contributed by atoms with Crippen molar-refractivity contribution in [3.63, 3.8) is 0 Å². The zero-order valence-corrected chi connectivity index (χ0v) is 36.7. The van der Waals surface area contributed by atoms with Crippen LogP contribution in [-0.4, -0.2) is 83.8 Å². The van der Waals surface area contributed by atoms with Crippen molar-refractivity contribution < 1.29 is 19.2 Å². The maximum atomic E-state index is 13.9. The predicted octanol–water partition coefficient (Wildman–Crippen LogP) is 6.64. The van der Waals surface area contributed by atoms with E-state index in [4.69, 9.17) is 11.5 Å². The summed E-state index contributed by atoms with van der Waals surface area (Å²) >= 11 is 0. The van der Waals surface area contributed by atoms with Crippen LogP contribution in [0.4, 0.5) is 11.4 Å². The number of carbonyl (C=O) groups is 4. The predicted molar refractivity (Wildman–Crippen MR) is 250 cm³/mol. The molecule has 2 aliphatic carbocycles. The lowest BCUT2D eigenvalue weighted by Crippen LogP contribution is -2.51. The summed E-state index contributed by atoms with van der Waals surface area (Å²) in [5.74, 6) is 0.475. The topological polar surface area (TPSA) is 175 Å². The smallest absolute Gasteiger partial charge is 0.251 e. The minimum absolute atomic E-state index is 0.0564. The van der Waals surface area contributed by atoms with Gasteiger partial charge in [0.2, 0.25) is 11.8 Å². The molecule has 0 spiro atoms. The van der Waals surface area contributed by atoms with Crippen LogP contribution in [0.25, 0.3) is 0 Å². The summed E-state index contributed by atoms with van der Waals surface area (Å²) < 4.78 is 0. The lowest BCUT2D eigenvalue weighted by molar-refractivity contribution is -0.139. The van der Waals surface area contributed by atoms with Crippen LogP contribution in [0.3, 0.4) is 0 Å². The third kappa shape index (κ3) is 8.74. The molecule has 4 aliphatic heterocycles. The van der Waals surface area contributed by atoms with Gasteiger partial charge in [0.15, 0.2) is 0 Å². The van der Waals surface area contributed by atoms with Gasteiger partial charge in [-0.3, -0.25) is 19.2 Å². The lowest BCUT2D eigenvalue weighted by atomic mass is 9.81. The number of likely N-dealkylation sites (tertiary alicyclic amines) is 2. The Balaban J connectivity index is 0.000000162. The average Bonchev–Trinajstić information content (AvgIpc) is 4.01. The molecule has 12 nitrogen and oxygen atoms in total. The van der Waals surface area contributed by atoms with E-state index in [0.717, 1.165) is 88.7 Å². The molecule has 4 aromatic carbocycles. The Morgan fingerprint density at radius 3 is 1.28 bits per heavy atom. The van der Waals surface area contributed by atoms with Crippen molar-refractivity contribution in [2.45, 2.75) is 100 Å². The number of rotatable bonds is 8. The Morgan fingerprint density at radius 2 is 0.875 bits per heavy atom. The fourth-order valence-electron chi connectivity index (χ4n) is 11.9. The highest BCUT2D eigenvalue weighted by molar-refractivity contribution is 5.95. The van der Waals surface area contributed by atoms with Gasteiger partial charge >= 0.3 is 0 Å². The standard InChI is InChI=1S/2C26H32N4O2/c2*27-16-23-19-14-15-30(24(19)18-10-4-6-12-21(18)28-23)26(32)20-11-5-7-13-22(20)29-25(31)17-8-2-1-3-9-17/h2*1-4,6,8-10,12,19-20,22-24,28H,5,7,11,13-16,27H2,(H,29,31)/t19-,20+,22-,23+,24+;19-,20-,22+,23+,24+/m10/s1. The summed E-state index contributed by atoms with van der Waals surface area (Å²) in [5, 5.41) is 13.5.